The first-order valence-corrected chi connectivity index (χ1v) is 7.01. The van der Waals surface area contributed by atoms with E-state index in [1.807, 2.05) is 12.1 Å². The van der Waals surface area contributed by atoms with Crippen LogP contribution in [0.4, 0.5) is 5.69 Å². The van der Waals surface area contributed by atoms with Crippen LogP contribution in [0.25, 0.3) is 0 Å². The summed E-state index contributed by atoms with van der Waals surface area (Å²) in [5, 5.41) is -0.357. The highest BCUT2D eigenvalue weighted by Gasteiger charge is 2.28. The van der Waals surface area contributed by atoms with E-state index in [1.54, 1.807) is 6.07 Å². The lowest BCUT2D eigenvalue weighted by Gasteiger charge is -2.24. The second-order valence-corrected chi connectivity index (χ2v) is 6.40. The summed E-state index contributed by atoms with van der Waals surface area (Å²) in [4.78, 5) is 0. The van der Waals surface area contributed by atoms with Crippen LogP contribution in [0.5, 0.6) is 0 Å². The van der Waals surface area contributed by atoms with Gasteiger partial charge >= 0.3 is 0 Å². The van der Waals surface area contributed by atoms with Crippen molar-refractivity contribution < 1.29 is 8.42 Å². The second kappa shape index (κ2) is 3.52. The highest BCUT2D eigenvalue weighted by Crippen LogP contribution is 2.35. The van der Waals surface area contributed by atoms with Crippen LogP contribution in [-0.2, 0) is 16.3 Å². The van der Waals surface area contributed by atoms with Gasteiger partial charge in [-0.15, -0.1) is 0 Å². The molecule has 0 aliphatic heterocycles. The molecule has 15 heavy (non-hydrogen) atoms. The van der Waals surface area contributed by atoms with E-state index < -0.39 is 9.84 Å². The molecular weight excluding hydrogens is 210 g/mol. The van der Waals surface area contributed by atoms with Crippen LogP contribution in [-0.4, -0.2) is 14.7 Å². The number of hydrogen-bond acceptors (Lipinski definition) is 3. The number of fused-ring (bicyclic) bond motifs is 1. The van der Waals surface area contributed by atoms with E-state index in [4.69, 9.17) is 5.73 Å². The number of rotatable bonds is 1. The summed E-state index contributed by atoms with van der Waals surface area (Å²) >= 11 is 0. The SMILES string of the molecule is CS(=O)(=O)C1CCCc2ccc(N)cc21. The molecule has 0 amide bonds. The average molecular weight is 225 g/mol. The van der Waals surface area contributed by atoms with Gasteiger partial charge in [-0.1, -0.05) is 6.07 Å². The van der Waals surface area contributed by atoms with E-state index in [2.05, 4.69) is 0 Å². The van der Waals surface area contributed by atoms with Crippen LogP contribution in [0.15, 0.2) is 18.2 Å². The Morgan fingerprint density at radius 1 is 1.40 bits per heavy atom. The predicted octanol–water partition coefficient (Wildman–Crippen LogP) is 1.69. The van der Waals surface area contributed by atoms with Crippen molar-refractivity contribution in [3.63, 3.8) is 0 Å². The molecule has 1 aliphatic carbocycles. The standard InChI is InChI=1S/C11H15NO2S/c1-15(13,14)11-4-2-3-8-5-6-9(12)7-10(8)11/h5-7,11H,2-4,12H2,1H3. The van der Waals surface area contributed by atoms with Crippen LogP contribution in [0.2, 0.25) is 0 Å². The normalized spacial score (nSPS) is 21.0. The van der Waals surface area contributed by atoms with Gasteiger partial charge in [0.05, 0.1) is 5.25 Å². The highest BCUT2D eigenvalue weighted by molar-refractivity contribution is 7.90. The highest BCUT2D eigenvalue weighted by atomic mass is 32.2. The first-order valence-electron chi connectivity index (χ1n) is 5.05. The van der Waals surface area contributed by atoms with Gasteiger partial charge in [0.1, 0.15) is 0 Å². The van der Waals surface area contributed by atoms with E-state index in [1.165, 1.54) is 6.26 Å². The molecule has 0 radical (unpaired) electrons. The van der Waals surface area contributed by atoms with E-state index in [9.17, 15) is 8.42 Å². The molecular formula is C11H15NO2S. The van der Waals surface area contributed by atoms with Gasteiger partial charge < -0.3 is 5.73 Å². The minimum Gasteiger partial charge on any atom is -0.399 e. The van der Waals surface area contributed by atoms with Crippen molar-refractivity contribution in [2.75, 3.05) is 12.0 Å². The Kier molecular flexibility index (Phi) is 2.46. The third-order valence-electron chi connectivity index (χ3n) is 2.95. The average Bonchev–Trinajstić information content (AvgIpc) is 2.15. The van der Waals surface area contributed by atoms with Crippen molar-refractivity contribution in [3.05, 3.63) is 29.3 Å². The van der Waals surface area contributed by atoms with E-state index >= 15 is 0 Å². The van der Waals surface area contributed by atoms with Crippen molar-refractivity contribution in [1.82, 2.24) is 0 Å². The molecule has 0 bridgehead atoms. The van der Waals surface area contributed by atoms with Gasteiger partial charge in [0.15, 0.2) is 9.84 Å². The smallest absolute Gasteiger partial charge is 0.154 e. The summed E-state index contributed by atoms with van der Waals surface area (Å²) in [5.41, 5.74) is 8.37. The number of nitrogens with two attached hydrogens (primary N) is 1. The van der Waals surface area contributed by atoms with Crippen LogP contribution < -0.4 is 5.73 Å². The topological polar surface area (TPSA) is 60.2 Å². The summed E-state index contributed by atoms with van der Waals surface area (Å²) in [6, 6.07) is 5.59. The molecule has 1 aromatic rings. The van der Waals surface area contributed by atoms with Gasteiger partial charge in [0.25, 0.3) is 0 Å². The van der Waals surface area contributed by atoms with Crippen molar-refractivity contribution in [2.24, 2.45) is 0 Å². The van der Waals surface area contributed by atoms with Crippen LogP contribution in [0.1, 0.15) is 29.2 Å². The quantitative estimate of drug-likeness (QED) is 0.740. The van der Waals surface area contributed by atoms with E-state index in [-0.39, 0.29) is 5.25 Å². The Morgan fingerprint density at radius 2 is 2.13 bits per heavy atom. The molecule has 2 rings (SSSR count). The fourth-order valence-corrected chi connectivity index (χ4v) is 3.49. The number of nitrogen functional groups attached to an aromatic ring is 1. The molecule has 4 heteroatoms. The fraction of sp³-hybridized carbons (Fsp3) is 0.455. The summed E-state index contributed by atoms with van der Waals surface area (Å²) in [6.45, 7) is 0. The molecule has 0 spiro atoms. The Bertz CT molecular complexity index is 479. The maximum absolute atomic E-state index is 11.6. The molecule has 82 valence electrons. The van der Waals surface area contributed by atoms with E-state index in [0.29, 0.717) is 5.69 Å². The molecule has 0 fully saturated rings. The van der Waals surface area contributed by atoms with Crippen molar-refractivity contribution in [2.45, 2.75) is 24.5 Å². The molecule has 0 saturated carbocycles. The minimum atomic E-state index is -3.01. The van der Waals surface area contributed by atoms with Gasteiger partial charge in [-0.3, -0.25) is 0 Å². The van der Waals surface area contributed by atoms with Gasteiger partial charge in [-0.2, -0.15) is 0 Å². The fourth-order valence-electron chi connectivity index (χ4n) is 2.22. The predicted molar refractivity (Wildman–Crippen MR) is 61.4 cm³/mol. The summed E-state index contributed by atoms with van der Waals surface area (Å²) < 4.78 is 23.2. The zero-order valence-electron chi connectivity index (χ0n) is 8.73. The molecule has 1 aliphatic rings. The number of anilines is 1. The monoisotopic (exact) mass is 225 g/mol. The van der Waals surface area contributed by atoms with Crippen LogP contribution in [0.3, 0.4) is 0 Å². The second-order valence-electron chi connectivity index (χ2n) is 4.17. The van der Waals surface area contributed by atoms with Crippen LogP contribution in [0, 0.1) is 0 Å². The number of benzene rings is 1. The van der Waals surface area contributed by atoms with Crippen molar-refractivity contribution in [3.8, 4) is 0 Å². The lowest BCUT2D eigenvalue weighted by Crippen LogP contribution is -2.18. The Morgan fingerprint density at radius 3 is 2.80 bits per heavy atom. The molecule has 0 heterocycles. The zero-order valence-corrected chi connectivity index (χ0v) is 9.55. The van der Waals surface area contributed by atoms with E-state index in [0.717, 1.165) is 30.4 Å². The first-order chi connectivity index (χ1) is 6.98. The Labute approximate surface area is 90.2 Å². The molecule has 1 aromatic carbocycles. The maximum Gasteiger partial charge on any atom is 0.154 e. The largest absolute Gasteiger partial charge is 0.399 e. The van der Waals surface area contributed by atoms with Gasteiger partial charge in [-0.25, -0.2) is 8.42 Å². The minimum absolute atomic E-state index is 0.357. The van der Waals surface area contributed by atoms with Crippen molar-refractivity contribution >= 4 is 15.5 Å². The lowest BCUT2D eigenvalue weighted by molar-refractivity contribution is 0.566. The van der Waals surface area contributed by atoms with Crippen LogP contribution >= 0.6 is 0 Å². The van der Waals surface area contributed by atoms with Crippen molar-refractivity contribution in [1.29, 1.82) is 0 Å². The summed E-state index contributed by atoms with van der Waals surface area (Å²) in [6.07, 6.45) is 3.92. The first kappa shape index (κ1) is 10.5. The number of hydrogen-bond donors (Lipinski definition) is 1. The lowest BCUT2D eigenvalue weighted by atomic mass is 9.91. The third kappa shape index (κ3) is 2.00. The molecule has 0 aromatic heterocycles. The Balaban J connectivity index is 2.55. The van der Waals surface area contributed by atoms with Gasteiger partial charge in [0, 0.05) is 11.9 Å². The number of sulfone groups is 1. The number of aryl methyl sites for hydroxylation is 1. The summed E-state index contributed by atoms with van der Waals surface area (Å²) in [7, 11) is -3.01. The third-order valence-corrected chi connectivity index (χ3v) is 4.47. The molecule has 1 unspecified atom stereocenters. The van der Waals surface area contributed by atoms with Gasteiger partial charge in [0.2, 0.25) is 0 Å². The Hall–Kier alpha value is -1.03. The molecule has 2 N–H and O–H groups in total. The van der Waals surface area contributed by atoms with Gasteiger partial charge in [-0.05, 0) is 42.5 Å². The maximum atomic E-state index is 11.6. The zero-order chi connectivity index (χ0) is 11.1. The molecule has 3 nitrogen and oxygen atoms in total. The summed E-state index contributed by atoms with van der Waals surface area (Å²) in [5.74, 6) is 0. The molecule has 0 saturated heterocycles. The molecule has 1 atom stereocenters.